The molecule has 0 aromatic heterocycles. The fourth-order valence-electron chi connectivity index (χ4n) is 5.64. The molecule has 0 radical (unpaired) electrons. The summed E-state index contributed by atoms with van der Waals surface area (Å²) >= 11 is 6.21. The largest absolute Gasteiger partial charge is 0.507 e. The van der Waals surface area contributed by atoms with Gasteiger partial charge in [0.15, 0.2) is 11.5 Å². The normalized spacial score (nSPS) is 16.3. The van der Waals surface area contributed by atoms with Crippen molar-refractivity contribution in [1.29, 1.82) is 0 Å². The second-order valence-corrected chi connectivity index (χ2v) is 11.0. The monoisotopic (exact) mass is 598 g/mol. The van der Waals surface area contributed by atoms with Crippen LogP contribution in [0.25, 0.3) is 0 Å². The Morgan fingerprint density at radius 2 is 1.93 bits per heavy atom. The van der Waals surface area contributed by atoms with Crippen molar-refractivity contribution in [3.05, 3.63) is 112 Å². The van der Waals surface area contributed by atoms with Crippen LogP contribution in [0.5, 0.6) is 28.7 Å². The third-order valence-electron chi connectivity index (χ3n) is 7.71. The zero-order valence-corrected chi connectivity index (χ0v) is 24.4. The van der Waals surface area contributed by atoms with E-state index in [1.165, 1.54) is 12.1 Å². The van der Waals surface area contributed by atoms with Crippen molar-refractivity contribution in [2.24, 2.45) is 0 Å². The lowest BCUT2D eigenvalue weighted by Gasteiger charge is -2.38. The minimum absolute atomic E-state index is 0.0157. The van der Waals surface area contributed by atoms with Gasteiger partial charge in [0.1, 0.15) is 17.2 Å². The van der Waals surface area contributed by atoms with Crippen LogP contribution in [0.3, 0.4) is 0 Å². The summed E-state index contributed by atoms with van der Waals surface area (Å²) in [6.07, 6.45) is 1.38. The molecular weight excluding hydrogens is 568 g/mol. The van der Waals surface area contributed by atoms with Crippen LogP contribution >= 0.6 is 11.6 Å². The van der Waals surface area contributed by atoms with E-state index in [0.29, 0.717) is 60.6 Å². The lowest BCUT2D eigenvalue weighted by molar-refractivity contribution is -0.132. The molecule has 2 amide bonds. The Bertz CT molecular complexity index is 1690. The summed E-state index contributed by atoms with van der Waals surface area (Å²) in [4.78, 5) is 28.6. The number of nitrogens with one attached hydrogen (secondary N) is 1. The van der Waals surface area contributed by atoms with Gasteiger partial charge in [0.2, 0.25) is 5.91 Å². The van der Waals surface area contributed by atoms with Crippen LogP contribution in [0.1, 0.15) is 45.1 Å². The van der Waals surface area contributed by atoms with Gasteiger partial charge in [-0.15, -0.1) is 0 Å². The van der Waals surface area contributed by atoms with E-state index in [1.807, 2.05) is 59.5 Å². The van der Waals surface area contributed by atoms with Gasteiger partial charge in [-0.25, -0.2) is 0 Å². The first kappa shape index (κ1) is 28.4. The van der Waals surface area contributed by atoms with Crippen LogP contribution in [0.15, 0.2) is 78.9 Å². The summed E-state index contributed by atoms with van der Waals surface area (Å²) < 4.78 is 18.0. The predicted molar refractivity (Wildman–Crippen MR) is 162 cm³/mol. The smallest absolute Gasteiger partial charge is 0.255 e. The van der Waals surface area contributed by atoms with Gasteiger partial charge < -0.3 is 29.5 Å². The number of methoxy groups -OCH3 is 1. The van der Waals surface area contributed by atoms with E-state index in [9.17, 15) is 14.7 Å². The van der Waals surface area contributed by atoms with Crippen LogP contribution in [-0.4, -0.2) is 48.6 Å². The molecule has 4 aromatic rings. The Morgan fingerprint density at radius 1 is 1.07 bits per heavy atom. The number of fused-ring (bicyclic) bond motifs is 6. The molecule has 0 saturated heterocycles. The summed E-state index contributed by atoms with van der Waals surface area (Å²) in [5.41, 5.74) is 3.81. The van der Waals surface area contributed by atoms with Gasteiger partial charge in [0.25, 0.3) is 5.91 Å². The highest BCUT2D eigenvalue weighted by Crippen LogP contribution is 2.43. The Balaban J connectivity index is 1.45. The second-order valence-electron chi connectivity index (χ2n) is 10.6. The molecule has 1 unspecified atom stereocenters. The standard InChI is InChI=1S/C34H31ClN2O6/c1-41-30-20-27-22-11-13-37(32(39)16-21-5-2-7-24(35)15-21)33(27)23-6-3-8-25(17-23)42-14-4-12-36-34(40)28-19-26(9-10-29(28)38)43-31(30)18-22/h2-3,5-10,15,17-20,33,38H,4,11-14,16H2,1H3,(H,36,40). The maximum atomic E-state index is 13.9. The number of phenols is 1. The Morgan fingerprint density at radius 3 is 2.77 bits per heavy atom. The van der Waals surface area contributed by atoms with Crippen LogP contribution in [-0.2, 0) is 17.6 Å². The zero-order chi connectivity index (χ0) is 29.9. The maximum absolute atomic E-state index is 13.9. The van der Waals surface area contributed by atoms with E-state index < -0.39 is 5.91 Å². The molecule has 43 heavy (non-hydrogen) atoms. The highest BCUT2D eigenvalue weighted by molar-refractivity contribution is 6.30. The molecule has 220 valence electrons. The highest BCUT2D eigenvalue weighted by Gasteiger charge is 2.34. The van der Waals surface area contributed by atoms with Gasteiger partial charge in [-0.1, -0.05) is 35.9 Å². The van der Waals surface area contributed by atoms with Crippen molar-refractivity contribution >= 4 is 23.4 Å². The number of hydrogen-bond donors (Lipinski definition) is 2. The molecule has 8 bridgehead atoms. The lowest BCUT2D eigenvalue weighted by atomic mass is 9.87. The van der Waals surface area contributed by atoms with Gasteiger partial charge in [-0.05, 0) is 89.7 Å². The summed E-state index contributed by atoms with van der Waals surface area (Å²) in [6, 6.07) is 23.1. The molecule has 0 spiro atoms. The van der Waals surface area contributed by atoms with E-state index >= 15 is 0 Å². The summed E-state index contributed by atoms with van der Waals surface area (Å²) in [7, 11) is 1.56. The molecule has 9 heteroatoms. The van der Waals surface area contributed by atoms with Crippen molar-refractivity contribution < 1.29 is 28.9 Å². The van der Waals surface area contributed by atoms with Gasteiger partial charge in [-0.2, -0.15) is 0 Å². The van der Waals surface area contributed by atoms with Crippen LogP contribution in [0, 0.1) is 0 Å². The second kappa shape index (κ2) is 12.3. The number of phenolic OH excluding ortho intramolecular Hbond substituents is 1. The predicted octanol–water partition coefficient (Wildman–Crippen LogP) is 6.08. The van der Waals surface area contributed by atoms with Crippen LogP contribution < -0.4 is 19.5 Å². The number of carbonyl (C=O) groups is 2. The first-order valence-electron chi connectivity index (χ1n) is 14.2. The molecule has 1 atom stereocenters. The number of hydrogen-bond acceptors (Lipinski definition) is 6. The molecule has 4 aromatic carbocycles. The highest BCUT2D eigenvalue weighted by atomic mass is 35.5. The number of carbonyl (C=O) groups excluding carboxylic acids is 2. The molecule has 0 fully saturated rings. The third kappa shape index (κ3) is 6.10. The van der Waals surface area contributed by atoms with Crippen molar-refractivity contribution in [2.75, 3.05) is 26.8 Å². The SMILES string of the molecule is COc1cc2c3cc1Oc1ccc(O)c(c1)C(=O)NCCCOc1cccc(c1)C2N(C(=O)Cc1cccc(Cl)c1)CC3. The summed E-state index contributed by atoms with van der Waals surface area (Å²) in [5, 5.41) is 13.8. The van der Waals surface area contributed by atoms with E-state index in [1.54, 1.807) is 19.2 Å². The van der Waals surface area contributed by atoms with Crippen molar-refractivity contribution in [1.82, 2.24) is 10.2 Å². The van der Waals surface area contributed by atoms with Gasteiger partial charge >= 0.3 is 0 Å². The van der Waals surface area contributed by atoms with E-state index in [2.05, 4.69) is 5.32 Å². The van der Waals surface area contributed by atoms with Crippen molar-refractivity contribution in [2.45, 2.75) is 25.3 Å². The molecule has 3 aliphatic heterocycles. The minimum atomic E-state index is -0.408. The van der Waals surface area contributed by atoms with Crippen molar-refractivity contribution in [3.8, 4) is 28.7 Å². The number of benzene rings is 4. The Kier molecular flexibility index (Phi) is 8.11. The minimum Gasteiger partial charge on any atom is -0.507 e. The fourth-order valence-corrected chi connectivity index (χ4v) is 5.85. The molecule has 8 nitrogen and oxygen atoms in total. The summed E-state index contributed by atoms with van der Waals surface area (Å²) in [6.45, 7) is 1.22. The van der Waals surface area contributed by atoms with Gasteiger partial charge in [0, 0.05) is 18.1 Å². The Hall–Kier alpha value is -4.69. The van der Waals surface area contributed by atoms with E-state index in [0.717, 1.165) is 22.3 Å². The average molecular weight is 599 g/mol. The quantitative estimate of drug-likeness (QED) is 0.297. The number of halogens is 1. The van der Waals surface area contributed by atoms with E-state index in [4.69, 9.17) is 25.8 Å². The average Bonchev–Trinajstić information content (AvgIpc) is 3.00. The summed E-state index contributed by atoms with van der Waals surface area (Å²) in [5.74, 6) is 1.41. The molecule has 0 aliphatic carbocycles. The lowest BCUT2D eigenvalue weighted by Crippen LogP contribution is -2.41. The molecule has 7 rings (SSSR count). The topological polar surface area (TPSA) is 97.3 Å². The van der Waals surface area contributed by atoms with Gasteiger partial charge in [-0.3, -0.25) is 9.59 Å². The van der Waals surface area contributed by atoms with Crippen LogP contribution in [0.4, 0.5) is 0 Å². The van der Waals surface area contributed by atoms with Gasteiger partial charge in [0.05, 0.1) is 31.7 Å². The first-order chi connectivity index (χ1) is 20.9. The first-order valence-corrected chi connectivity index (χ1v) is 14.5. The molecule has 2 N–H and O–H groups in total. The number of nitrogens with zero attached hydrogens (tertiary/aromatic N) is 1. The molecular formula is C34H31ClN2O6. The number of ether oxygens (including phenoxy) is 3. The number of amides is 2. The Labute approximate surface area is 254 Å². The molecule has 0 saturated carbocycles. The van der Waals surface area contributed by atoms with Crippen LogP contribution in [0.2, 0.25) is 5.02 Å². The molecule has 3 aliphatic rings. The molecule has 3 heterocycles. The third-order valence-corrected chi connectivity index (χ3v) is 7.94. The number of rotatable bonds is 3. The van der Waals surface area contributed by atoms with Crippen molar-refractivity contribution in [3.63, 3.8) is 0 Å². The number of aromatic hydroxyl groups is 1. The maximum Gasteiger partial charge on any atom is 0.255 e. The fraction of sp³-hybridized carbons (Fsp3) is 0.235. The van der Waals surface area contributed by atoms with E-state index in [-0.39, 0.29) is 29.7 Å². The zero-order valence-electron chi connectivity index (χ0n) is 23.6.